The lowest BCUT2D eigenvalue weighted by atomic mass is 10.0. The average Bonchev–Trinajstić information content (AvgIpc) is 2.63. The van der Waals surface area contributed by atoms with Crippen molar-refractivity contribution in [2.45, 2.75) is 19.4 Å². The van der Waals surface area contributed by atoms with E-state index in [4.69, 9.17) is 9.47 Å². The average molecular weight is 342 g/mol. The summed E-state index contributed by atoms with van der Waals surface area (Å²) in [5.41, 5.74) is 1.49. The fraction of sp³-hybridized carbons (Fsp3) is 0.263. The highest BCUT2D eigenvalue weighted by molar-refractivity contribution is 5.91. The number of benzene rings is 2. The van der Waals surface area contributed by atoms with E-state index < -0.39 is 12.1 Å². The first-order valence-corrected chi connectivity index (χ1v) is 8.04. The molecule has 0 aliphatic carbocycles. The molecule has 2 aromatic rings. The van der Waals surface area contributed by atoms with Crippen LogP contribution in [-0.2, 0) is 9.53 Å². The fourth-order valence-corrected chi connectivity index (χ4v) is 2.32. The van der Waals surface area contributed by atoms with Gasteiger partial charge in [-0.1, -0.05) is 30.3 Å². The molecular formula is C19H22N2O4. The molecule has 25 heavy (non-hydrogen) atoms. The van der Waals surface area contributed by atoms with Gasteiger partial charge in [0.1, 0.15) is 5.75 Å². The lowest BCUT2D eigenvalue weighted by molar-refractivity contribution is -0.116. The van der Waals surface area contributed by atoms with Gasteiger partial charge in [-0.25, -0.2) is 4.79 Å². The number of methoxy groups -OCH3 is 1. The van der Waals surface area contributed by atoms with Gasteiger partial charge >= 0.3 is 6.09 Å². The Kier molecular flexibility index (Phi) is 6.83. The Bertz CT molecular complexity index is 686. The molecule has 0 aliphatic rings. The van der Waals surface area contributed by atoms with Crippen molar-refractivity contribution in [3.63, 3.8) is 0 Å². The standard InChI is InChI=1S/C19H22N2O4/c1-3-25-19(23)21-17(14-7-5-4-6-8-14)13-18(22)20-15-9-11-16(24-2)12-10-15/h4-12,17H,3,13H2,1-2H3,(H,20,22)(H,21,23)/t17-/m1/s1. The number of ether oxygens (including phenoxy) is 2. The number of carbonyl (C=O) groups excluding carboxylic acids is 2. The normalized spacial score (nSPS) is 11.3. The molecule has 6 nitrogen and oxygen atoms in total. The van der Waals surface area contributed by atoms with Gasteiger partial charge in [-0.2, -0.15) is 0 Å². The van der Waals surface area contributed by atoms with Crippen LogP contribution in [-0.4, -0.2) is 25.7 Å². The fourth-order valence-electron chi connectivity index (χ4n) is 2.32. The Balaban J connectivity index is 2.04. The Hall–Kier alpha value is -3.02. The number of nitrogens with one attached hydrogen (secondary N) is 2. The molecular weight excluding hydrogens is 320 g/mol. The van der Waals surface area contributed by atoms with Crippen LogP contribution in [0.4, 0.5) is 10.5 Å². The van der Waals surface area contributed by atoms with E-state index in [2.05, 4.69) is 10.6 Å². The molecule has 0 radical (unpaired) electrons. The van der Waals surface area contributed by atoms with E-state index in [1.54, 1.807) is 38.3 Å². The minimum atomic E-state index is -0.548. The molecule has 2 N–H and O–H groups in total. The van der Waals surface area contributed by atoms with Crippen LogP contribution in [0.15, 0.2) is 54.6 Å². The maximum atomic E-state index is 12.4. The first-order valence-electron chi connectivity index (χ1n) is 8.04. The first kappa shape index (κ1) is 18.3. The minimum absolute atomic E-state index is 0.0921. The lowest BCUT2D eigenvalue weighted by Gasteiger charge is -2.18. The van der Waals surface area contributed by atoms with E-state index in [0.29, 0.717) is 11.4 Å². The van der Waals surface area contributed by atoms with E-state index in [0.717, 1.165) is 5.56 Å². The molecule has 6 heteroatoms. The van der Waals surface area contributed by atoms with Gasteiger partial charge in [-0.15, -0.1) is 0 Å². The Morgan fingerprint density at radius 1 is 1.04 bits per heavy atom. The summed E-state index contributed by atoms with van der Waals surface area (Å²) in [6.45, 7) is 2.00. The molecule has 2 rings (SSSR count). The van der Waals surface area contributed by atoms with Crippen LogP contribution >= 0.6 is 0 Å². The van der Waals surface area contributed by atoms with E-state index in [1.807, 2.05) is 30.3 Å². The second-order valence-electron chi connectivity index (χ2n) is 5.31. The first-order chi connectivity index (χ1) is 12.1. The molecule has 0 saturated carbocycles. The molecule has 0 aliphatic heterocycles. The number of hydrogen-bond acceptors (Lipinski definition) is 4. The van der Waals surface area contributed by atoms with E-state index >= 15 is 0 Å². The Morgan fingerprint density at radius 2 is 1.72 bits per heavy atom. The Labute approximate surface area is 147 Å². The molecule has 0 spiro atoms. The van der Waals surface area contributed by atoms with Crippen LogP contribution < -0.4 is 15.4 Å². The third-order valence-corrected chi connectivity index (χ3v) is 3.53. The molecule has 0 heterocycles. The van der Waals surface area contributed by atoms with E-state index in [-0.39, 0.29) is 18.9 Å². The van der Waals surface area contributed by atoms with Crippen LogP contribution in [0.2, 0.25) is 0 Å². The summed E-state index contributed by atoms with van der Waals surface area (Å²) >= 11 is 0. The number of amides is 2. The van der Waals surface area contributed by atoms with E-state index in [9.17, 15) is 9.59 Å². The number of anilines is 1. The highest BCUT2D eigenvalue weighted by Crippen LogP contribution is 2.19. The molecule has 0 saturated heterocycles. The zero-order chi connectivity index (χ0) is 18.1. The SMILES string of the molecule is CCOC(=O)N[C@H](CC(=O)Nc1ccc(OC)cc1)c1ccccc1. The van der Waals surface area contributed by atoms with E-state index in [1.165, 1.54) is 0 Å². The highest BCUT2D eigenvalue weighted by Gasteiger charge is 2.19. The van der Waals surface area contributed by atoms with Gasteiger partial charge < -0.3 is 20.1 Å². The molecule has 2 aromatic carbocycles. The summed E-state index contributed by atoms with van der Waals surface area (Å²) in [5, 5.41) is 5.54. The Morgan fingerprint density at radius 3 is 2.32 bits per heavy atom. The summed E-state index contributed by atoms with van der Waals surface area (Å²) in [4.78, 5) is 24.1. The number of alkyl carbamates (subject to hydrolysis) is 1. The van der Waals surface area contributed by atoms with Gasteiger partial charge in [-0.3, -0.25) is 4.79 Å². The topological polar surface area (TPSA) is 76.7 Å². The maximum absolute atomic E-state index is 12.4. The van der Waals surface area contributed by atoms with Crippen molar-refractivity contribution < 1.29 is 19.1 Å². The third kappa shape index (κ3) is 5.84. The predicted molar refractivity (Wildman–Crippen MR) is 95.6 cm³/mol. The van der Waals surface area contributed by atoms with Crippen molar-refractivity contribution in [2.24, 2.45) is 0 Å². The zero-order valence-corrected chi connectivity index (χ0v) is 14.3. The van der Waals surface area contributed by atoms with Crippen LogP contribution in [0.25, 0.3) is 0 Å². The van der Waals surface area contributed by atoms with Crippen LogP contribution in [0.3, 0.4) is 0 Å². The van der Waals surface area contributed by atoms with Gasteiger partial charge in [0.25, 0.3) is 0 Å². The van der Waals surface area contributed by atoms with Crippen LogP contribution in [0.5, 0.6) is 5.75 Å². The molecule has 0 fully saturated rings. The second kappa shape index (κ2) is 9.32. The molecule has 132 valence electrons. The van der Waals surface area contributed by atoms with Crippen molar-refractivity contribution in [3.8, 4) is 5.75 Å². The zero-order valence-electron chi connectivity index (χ0n) is 14.3. The van der Waals surface area contributed by atoms with Crippen molar-refractivity contribution in [2.75, 3.05) is 19.0 Å². The smallest absolute Gasteiger partial charge is 0.407 e. The van der Waals surface area contributed by atoms with Gasteiger partial charge in [0.05, 0.1) is 26.2 Å². The number of rotatable bonds is 7. The maximum Gasteiger partial charge on any atom is 0.407 e. The summed E-state index contributed by atoms with van der Waals surface area (Å²) in [5.74, 6) is 0.500. The van der Waals surface area contributed by atoms with Crippen LogP contribution in [0, 0.1) is 0 Å². The van der Waals surface area contributed by atoms with Gasteiger partial charge in [0.15, 0.2) is 0 Å². The van der Waals surface area contributed by atoms with Crippen molar-refractivity contribution in [1.82, 2.24) is 5.32 Å². The minimum Gasteiger partial charge on any atom is -0.497 e. The molecule has 2 amide bonds. The van der Waals surface area contributed by atoms with Gasteiger partial charge in [-0.05, 0) is 36.8 Å². The molecule has 0 bridgehead atoms. The molecule has 1 atom stereocenters. The van der Waals surface area contributed by atoms with Gasteiger partial charge in [0.2, 0.25) is 5.91 Å². The number of hydrogen-bond donors (Lipinski definition) is 2. The second-order valence-corrected chi connectivity index (χ2v) is 5.31. The molecule has 0 unspecified atom stereocenters. The summed E-state index contributed by atoms with van der Waals surface area (Å²) in [6.07, 6.45) is -0.455. The quantitative estimate of drug-likeness (QED) is 0.807. The van der Waals surface area contributed by atoms with Crippen molar-refractivity contribution >= 4 is 17.7 Å². The lowest BCUT2D eigenvalue weighted by Crippen LogP contribution is -2.32. The highest BCUT2D eigenvalue weighted by atomic mass is 16.5. The monoisotopic (exact) mass is 342 g/mol. The summed E-state index contributed by atoms with van der Waals surface area (Å²) < 4.78 is 10.0. The van der Waals surface area contributed by atoms with Gasteiger partial charge in [0, 0.05) is 5.69 Å². The molecule has 0 aromatic heterocycles. The van der Waals surface area contributed by atoms with Crippen molar-refractivity contribution in [3.05, 3.63) is 60.2 Å². The summed E-state index contributed by atoms with van der Waals surface area (Å²) in [6, 6.07) is 15.9. The summed E-state index contributed by atoms with van der Waals surface area (Å²) in [7, 11) is 1.58. The van der Waals surface area contributed by atoms with Crippen molar-refractivity contribution in [1.29, 1.82) is 0 Å². The number of carbonyl (C=O) groups is 2. The predicted octanol–water partition coefficient (Wildman–Crippen LogP) is 3.51. The van der Waals surface area contributed by atoms with Crippen LogP contribution in [0.1, 0.15) is 24.9 Å². The largest absolute Gasteiger partial charge is 0.497 e. The third-order valence-electron chi connectivity index (χ3n) is 3.53.